The van der Waals surface area contributed by atoms with Gasteiger partial charge in [-0.15, -0.1) is 0 Å². The van der Waals surface area contributed by atoms with Crippen molar-refractivity contribution in [3.05, 3.63) is 76.3 Å². The van der Waals surface area contributed by atoms with Crippen LogP contribution in [0.3, 0.4) is 0 Å². The van der Waals surface area contributed by atoms with Crippen molar-refractivity contribution >= 4 is 28.0 Å². The molecule has 158 valence electrons. The number of carbonyl (C=O) groups is 1. The van der Waals surface area contributed by atoms with Crippen LogP contribution >= 0.6 is 11.3 Å². The van der Waals surface area contributed by atoms with Gasteiger partial charge in [-0.25, -0.2) is 0 Å². The smallest absolute Gasteiger partial charge is 0.254 e. The first kappa shape index (κ1) is 20.0. The van der Waals surface area contributed by atoms with Crippen LogP contribution in [-0.2, 0) is 11.2 Å². The number of benzene rings is 2. The molecule has 0 spiro atoms. The lowest BCUT2D eigenvalue weighted by Gasteiger charge is -2.18. The Hall–Kier alpha value is -2.96. The van der Waals surface area contributed by atoms with Gasteiger partial charge in [0, 0.05) is 44.2 Å². The Kier molecular flexibility index (Phi) is 5.34. The maximum atomic E-state index is 13.6. The van der Waals surface area contributed by atoms with Gasteiger partial charge in [0.1, 0.15) is 5.76 Å². The van der Waals surface area contributed by atoms with E-state index in [4.69, 9.17) is 9.26 Å². The van der Waals surface area contributed by atoms with Crippen molar-refractivity contribution in [2.75, 3.05) is 20.2 Å². The largest absolute Gasteiger partial charge is 0.379 e. The molecule has 1 fully saturated rings. The Bertz CT molecular complexity index is 1210. The van der Waals surface area contributed by atoms with Gasteiger partial charge in [-0.3, -0.25) is 4.79 Å². The summed E-state index contributed by atoms with van der Waals surface area (Å²) in [6.45, 7) is 3.13. The third-order valence-electron chi connectivity index (χ3n) is 6.10. The summed E-state index contributed by atoms with van der Waals surface area (Å²) in [4.78, 5) is 15.5. The molecule has 2 aromatic carbocycles. The highest BCUT2D eigenvalue weighted by Crippen LogP contribution is 2.33. The fourth-order valence-corrected chi connectivity index (χ4v) is 5.22. The molecular formula is C25H24N2O3S. The molecule has 31 heavy (non-hydrogen) atoms. The molecule has 0 aliphatic carbocycles. The number of nitrogens with zero attached hydrogens (tertiary/aromatic N) is 2. The van der Waals surface area contributed by atoms with E-state index in [1.54, 1.807) is 18.4 Å². The summed E-state index contributed by atoms with van der Waals surface area (Å²) < 4.78 is 11.1. The zero-order chi connectivity index (χ0) is 21.4. The summed E-state index contributed by atoms with van der Waals surface area (Å²) in [6.07, 6.45) is 0.687. The molecule has 1 amide bonds. The number of aromatic nitrogens is 1. The Labute approximate surface area is 185 Å². The third-order valence-corrected chi connectivity index (χ3v) is 6.78. The number of aryl methyl sites for hydroxylation is 1. The van der Waals surface area contributed by atoms with Crippen LogP contribution < -0.4 is 0 Å². The standard InChI is InChI=1S/C25H24N2O3S/c1-16-11-19(30-26-16)12-18-13-27(14-24(18)29-2)25(28)23-8-7-20(17-9-10-31-15-17)21-5-3-4-6-22(21)23/h3-11,15,18,24H,12-14H2,1-2H3/t18-,24-/m1/s1. The molecule has 3 heterocycles. The molecule has 0 radical (unpaired) electrons. The van der Waals surface area contributed by atoms with Gasteiger partial charge >= 0.3 is 0 Å². The highest BCUT2D eigenvalue weighted by molar-refractivity contribution is 7.08. The number of rotatable bonds is 5. The van der Waals surface area contributed by atoms with Crippen molar-refractivity contribution in [1.29, 1.82) is 0 Å². The molecule has 4 aromatic rings. The van der Waals surface area contributed by atoms with E-state index in [1.807, 2.05) is 42.2 Å². The summed E-state index contributed by atoms with van der Waals surface area (Å²) in [5.41, 5.74) is 3.94. The number of hydrogen-bond donors (Lipinski definition) is 0. The van der Waals surface area contributed by atoms with Crippen molar-refractivity contribution in [3.8, 4) is 11.1 Å². The summed E-state index contributed by atoms with van der Waals surface area (Å²) in [6, 6.07) is 16.3. The van der Waals surface area contributed by atoms with Crippen LogP contribution in [0.25, 0.3) is 21.9 Å². The molecule has 5 rings (SSSR count). The highest BCUT2D eigenvalue weighted by Gasteiger charge is 2.36. The first-order chi connectivity index (χ1) is 15.1. The molecule has 5 nitrogen and oxygen atoms in total. The van der Waals surface area contributed by atoms with Crippen molar-refractivity contribution in [2.24, 2.45) is 5.92 Å². The van der Waals surface area contributed by atoms with E-state index in [2.05, 4.69) is 34.1 Å². The lowest BCUT2D eigenvalue weighted by atomic mass is 9.96. The predicted octanol–water partition coefficient (Wildman–Crippen LogP) is 5.19. The first-order valence-corrected chi connectivity index (χ1v) is 11.4. The van der Waals surface area contributed by atoms with Crippen LogP contribution in [0, 0.1) is 12.8 Å². The van der Waals surface area contributed by atoms with Gasteiger partial charge in [-0.1, -0.05) is 35.5 Å². The fraction of sp³-hybridized carbons (Fsp3) is 0.280. The van der Waals surface area contributed by atoms with E-state index < -0.39 is 0 Å². The van der Waals surface area contributed by atoms with E-state index in [1.165, 1.54) is 5.56 Å². The quantitative estimate of drug-likeness (QED) is 0.435. The van der Waals surface area contributed by atoms with Crippen LogP contribution in [0.4, 0.5) is 0 Å². The van der Waals surface area contributed by atoms with E-state index in [0.29, 0.717) is 19.5 Å². The number of likely N-dealkylation sites (tertiary alicyclic amines) is 1. The number of methoxy groups -OCH3 is 1. The maximum Gasteiger partial charge on any atom is 0.254 e. The summed E-state index contributed by atoms with van der Waals surface area (Å²) in [5.74, 6) is 1.06. The summed E-state index contributed by atoms with van der Waals surface area (Å²) in [7, 11) is 1.71. The molecule has 0 unspecified atom stereocenters. The molecule has 0 N–H and O–H groups in total. The minimum Gasteiger partial charge on any atom is -0.379 e. The topological polar surface area (TPSA) is 55.6 Å². The van der Waals surface area contributed by atoms with Gasteiger partial charge in [-0.05, 0) is 51.7 Å². The first-order valence-electron chi connectivity index (χ1n) is 10.4. The third kappa shape index (κ3) is 3.77. The van der Waals surface area contributed by atoms with Gasteiger partial charge in [0.2, 0.25) is 0 Å². The zero-order valence-electron chi connectivity index (χ0n) is 17.6. The molecule has 0 bridgehead atoms. The molecule has 6 heteroatoms. The Morgan fingerprint density at radius 1 is 1.19 bits per heavy atom. The molecular weight excluding hydrogens is 408 g/mol. The second-order valence-corrected chi connectivity index (χ2v) is 8.88. The van der Waals surface area contributed by atoms with Crippen LogP contribution in [0.1, 0.15) is 21.8 Å². The zero-order valence-corrected chi connectivity index (χ0v) is 18.4. The summed E-state index contributed by atoms with van der Waals surface area (Å²) >= 11 is 1.68. The van der Waals surface area contributed by atoms with Crippen LogP contribution in [0.5, 0.6) is 0 Å². The van der Waals surface area contributed by atoms with Gasteiger partial charge in [0.25, 0.3) is 5.91 Å². The van der Waals surface area contributed by atoms with Crippen LogP contribution in [0.15, 0.2) is 63.8 Å². The highest BCUT2D eigenvalue weighted by atomic mass is 32.1. The van der Waals surface area contributed by atoms with Gasteiger partial charge in [-0.2, -0.15) is 11.3 Å². The predicted molar refractivity (Wildman–Crippen MR) is 122 cm³/mol. The minimum absolute atomic E-state index is 0.0225. The molecule has 1 aliphatic rings. The SMILES string of the molecule is CO[C@@H]1CN(C(=O)c2ccc(-c3ccsc3)c3ccccc23)C[C@H]1Cc1cc(C)no1. The summed E-state index contributed by atoms with van der Waals surface area (Å²) in [5, 5.41) is 10.3. The number of hydrogen-bond acceptors (Lipinski definition) is 5. The molecule has 2 atom stereocenters. The molecule has 1 aliphatic heterocycles. The second kappa shape index (κ2) is 8.29. The molecule has 1 saturated heterocycles. The Morgan fingerprint density at radius 2 is 2.03 bits per heavy atom. The van der Waals surface area contributed by atoms with Gasteiger partial charge in [0.15, 0.2) is 0 Å². The fourth-order valence-electron chi connectivity index (χ4n) is 4.57. The number of amides is 1. The van der Waals surface area contributed by atoms with Crippen molar-refractivity contribution in [1.82, 2.24) is 10.1 Å². The number of thiophene rings is 1. The second-order valence-electron chi connectivity index (χ2n) is 8.10. The van der Waals surface area contributed by atoms with Crippen LogP contribution in [-0.4, -0.2) is 42.3 Å². The van der Waals surface area contributed by atoms with Crippen molar-refractivity contribution in [3.63, 3.8) is 0 Å². The lowest BCUT2D eigenvalue weighted by molar-refractivity contribution is 0.0673. The monoisotopic (exact) mass is 432 g/mol. The van der Waals surface area contributed by atoms with Crippen molar-refractivity contribution < 1.29 is 14.1 Å². The van der Waals surface area contributed by atoms with E-state index in [9.17, 15) is 4.79 Å². The number of ether oxygens (including phenoxy) is 1. The average molecular weight is 433 g/mol. The number of fused-ring (bicyclic) bond motifs is 1. The molecule has 2 aromatic heterocycles. The normalized spacial score (nSPS) is 18.7. The van der Waals surface area contributed by atoms with E-state index in [0.717, 1.165) is 33.4 Å². The Balaban J connectivity index is 1.44. The van der Waals surface area contributed by atoms with Gasteiger partial charge < -0.3 is 14.2 Å². The lowest BCUT2D eigenvalue weighted by Crippen LogP contribution is -2.30. The molecule has 0 saturated carbocycles. The van der Waals surface area contributed by atoms with Crippen molar-refractivity contribution in [2.45, 2.75) is 19.4 Å². The van der Waals surface area contributed by atoms with E-state index in [-0.39, 0.29) is 17.9 Å². The minimum atomic E-state index is -0.0225. The van der Waals surface area contributed by atoms with E-state index >= 15 is 0 Å². The number of carbonyl (C=O) groups excluding carboxylic acids is 1. The Morgan fingerprint density at radius 3 is 2.74 bits per heavy atom. The van der Waals surface area contributed by atoms with Gasteiger partial charge in [0.05, 0.1) is 11.8 Å². The van der Waals surface area contributed by atoms with Crippen LogP contribution in [0.2, 0.25) is 0 Å². The average Bonchev–Trinajstić information content (AvgIpc) is 3.54. The maximum absolute atomic E-state index is 13.6.